The molecule has 0 spiro atoms. The molecular weight excluding hydrogens is 172 g/mol. The number of aromatic nitrogens is 1. The van der Waals surface area contributed by atoms with Crippen molar-refractivity contribution in [1.82, 2.24) is 10.3 Å². The maximum atomic E-state index is 6.00. The zero-order valence-corrected chi connectivity index (χ0v) is 7.51. The molecule has 0 bridgehead atoms. The van der Waals surface area contributed by atoms with Crippen LogP contribution in [0.3, 0.4) is 0 Å². The quantitative estimate of drug-likeness (QED) is 0.720. The van der Waals surface area contributed by atoms with Gasteiger partial charge in [0, 0.05) is 6.20 Å². The van der Waals surface area contributed by atoms with E-state index in [0.29, 0.717) is 6.04 Å². The van der Waals surface area contributed by atoms with Crippen molar-refractivity contribution >= 4 is 11.6 Å². The van der Waals surface area contributed by atoms with Crippen LogP contribution in [0.1, 0.15) is 24.6 Å². The van der Waals surface area contributed by atoms with E-state index in [1.165, 1.54) is 6.42 Å². The molecule has 2 heterocycles. The normalized spacial score (nSPS) is 22.9. The van der Waals surface area contributed by atoms with E-state index >= 15 is 0 Å². The molecule has 12 heavy (non-hydrogen) atoms. The zero-order valence-electron chi connectivity index (χ0n) is 6.76. The van der Waals surface area contributed by atoms with Crippen LogP contribution in [0.15, 0.2) is 18.3 Å². The van der Waals surface area contributed by atoms with Crippen LogP contribution in [-0.4, -0.2) is 11.5 Å². The minimum absolute atomic E-state index is 0.374. The highest BCUT2D eigenvalue weighted by Gasteiger charge is 2.19. The first-order valence-corrected chi connectivity index (χ1v) is 4.59. The van der Waals surface area contributed by atoms with E-state index in [2.05, 4.69) is 10.3 Å². The average Bonchev–Trinajstić information content (AvgIpc) is 2.57. The van der Waals surface area contributed by atoms with Gasteiger partial charge in [-0.1, -0.05) is 11.6 Å². The van der Waals surface area contributed by atoms with Crippen molar-refractivity contribution in [2.75, 3.05) is 6.54 Å². The highest BCUT2D eigenvalue weighted by Crippen LogP contribution is 2.26. The molecule has 1 fully saturated rings. The van der Waals surface area contributed by atoms with Crippen molar-refractivity contribution in [1.29, 1.82) is 0 Å². The summed E-state index contributed by atoms with van der Waals surface area (Å²) in [6, 6.07) is 4.13. The third-order valence-electron chi connectivity index (χ3n) is 2.18. The molecule has 3 heteroatoms. The second kappa shape index (κ2) is 3.42. The van der Waals surface area contributed by atoms with Gasteiger partial charge in [0.2, 0.25) is 0 Å². The molecular formula is C9H11ClN2. The van der Waals surface area contributed by atoms with E-state index in [4.69, 9.17) is 11.6 Å². The molecule has 0 saturated carbocycles. The van der Waals surface area contributed by atoms with Gasteiger partial charge < -0.3 is 5.32 Å². The molecule has 1 atom stereocenters. The van der Waals surface area contributed by atoms with Crippen molar-refractivity contribution in [2.24, 2.45) is 0 Å². The number of hydrogen-bond donors (Lipinski definition) is 1. The molecule has 1 aromatic rings. The molecule has 0 amide bonds. The first-order chi connectivity index (χ1) is 5.88. The lowest BCUT2D eigenvalue weighted by Gasteiger charge is -2.09. The fraction of sp³-hybridized carbons (Fsp3) is 0.444. The monoisotopic (exact) mass is 182 g/mol. The van der Waals surface area contributed by atoms with Crippen molar-refractivity contribution in [2.45, 2.75) is 18.9 Å². The molecule has 1 aromatic heterocycles. The minimum Gasteiger partial charge on any atom is -0.309 e. The van der Waals surface area contributed by atoms with Gasteiger partial charge in [0.1, 0.15) is 0 Å². The third-order valence-corrected chi connectivity index (χ3v) is 2.50. The van der Waals surface area contributed by atoms with E-state index < -0.39 is 0 Å². The molecule has 2 rings (SSSR count). The van der Waals surface area contributed by atoms with E-state index in [0.717, 1.165) is 23.7 Å². The predicted octanol–water partition coefficient (Wildman–Crippen LogP) is 2.16. The molecule has 1 saturated heterocycles. The van der Waals surface area contributed by atoms with Crippen LogP contribution in [0, 0.1) is 0 Å². The smallest absolute Gasteiger partial charge is 0.0758 e. The Hall–Kier alpha value is -0.600. The lowest BCUT2D eigenvalue weighted by Crippen LogP contribution is -2.14. The summed E-state index contributed by atoms with van der Waals surface area (Å²) < 4.78 is 0. The molecule has 0 aliphatic carbocycles. The van der Waals surface area contributed by atoms with Crippen molar-refractivity contribution in [3.63, 3.8) is 0 Å². The summed E-state index contributed by atoms with van der Waals surface area (Å²) in [6.07, 6.45) is 4.16. The van der Waals surface area contributed by atoms with Crippen LogP contribution < -0.4 is 5.32 Å². The SMILES string of the molecule is Clc1cccnc1C1CCCN1. The van der Waals surface area contributed by atoms with Gasteiger partial charge in [-0.3, -0.25) is 4.98 Å². The zero-order chi connectivity index (χ0) is 8.39. The summed E-state index contributed by atoms with van der Waals surface area (Å²) >= 11 is 6.00. The number of halogens is 1. The lowest BCUT2D eigenvalue weighted by molar-refractivity contribution is 0.628. The van der Waals surface area contributed by atoms with E-state index in [1.807, 2.05) is 12.1 Å². The van der Waals surface area contributed by atoms with Gasteiger partial charge in [0.25, 0.3) is 0 Å². The summed E-state index contributed by atoms with van der Waals surface area (Å²) in [5, 5.41) is 4.14. The van der Waals surface area contributed by atoms with E-state index in [-0.39, 0.29) is 0 Å². The molecule has 64 valence electrons. The second-order valence-electron chi connectivity index (χ2n) is 3.02. The summed E-state index contributed by atoms with van der Waals surface area (Å²) in [5.74, 6) is 0. The molecule has 0 aromatic carbocycles. The Morgan fingerprint density at radius 1 is 1.58 bits per heavy atom. The number of nitrogens with zero attached hydrogens (tertiary/aromatic N) is 1. The third kappa shape index (κ3) is 1.45. The maximum absolute atomic E-state index is 6.00. The molecule has 1 unspecified atom stereocenters. The van der Waals surface area contributed by atoms with Gasteiger partial charge in [-0.2, -0.15) is 0 Å². The maximum Gasteiger partial charge on any atom is 0.0758 e. The van der Waals surface area contributed by atoms with Gasteiger partial charge in [-0.25, -0.2) is 0 Å². The molecule has 2 nitrogen and oxygen atoms in total. The Balaban J connectivity index is 2.26. The summed E-state index contributed by atoms with van der Waals surface area (Å²) in [7, 11) is 0. The van der Waals surface area contributed by atoms with Crippen LogP contribution in [0.2, 0.25) is 5.02 Å². The van der Waals surface area contributed by atoms with Gasteiger partial charge in [-0.15, -0.1) is 0 Å². The second-order valence-corrected chi connectivity index (χ2v) is 3.43. The van der Waals surface area contributed by atoms with Gasteiger partial charge in [0.15, 0.2) is 0 Å². The Kier molecular flexibility index (Phi) is 2.28. The van der Waals surface area contributed by atoms with Crippen molar-refractivity contribution in [3.05, 3.63) is 29.0 Å². The summed E-state index contributed by atoms with van der Waals surface area (Å²) in [4.78, 5) is 4.27. The number of pyridine rings is 1. The first-order valence-electron chi connectivity index (χ1n) is 4.22. The number of hydrogen-bond acceptors (Lipinski definition) is 2. The van der Waals surface area contributed by atoms with Crippen molar-refractivity contribution in [3.8, 4) is 0 Å². The molecule has 0 radical (unpaired) electrons. The highest BCUT2D eigenvalue weighted by molar-refractivity contribution is 6.31. The average molecular weight is 183 g/mol. The topological polar surface area (TPSA) is 24.9 Å². The Morgan fingerprint density at radius 3 is 3.17 bits per heavy atom. The fourth-order valence-electron chi connectivity index (χ4n) is 1.57. The molecule has 1 aliphatic heterocycles. The molecule has 1 aliphatic rings. The minimum atomic E-state index is 0.374. The number of rotatable bonds is 1. The Bertz CT molecular complexity index is 269. The van der Waals surface area contributed by atoms with Crippen LogP contribution in [0.25, 0.3) is 0 Å². The largest absolute Gasteiger partial charge is 0.309 e. The molecule has 1 N–H and O–H groups in total. The highest BCUT2D eigenvalue weighted by atomic mass is 35.5. The standard InChI is InChI=1S/C9H11ClN2/c10-7-3-1-6-12-9(7)8-4-2-5-11-8/h1,3,6,8,11H,2,4-5H2. The Labute approximate surface area is 77.0 Å². The van der Waals surface area contributed by atoms with Crippen LogP contribution in [-0.2, 0) is 0 Å². The van der Waals surface area contributed by atoms with E-state index in [9.17, 15) is 0 Å². The predicted molar refractivity (Wildman–Crippen MR) is 49.2 cm³/mol. The fourth-order valence-corrected chi connectivity index (χ4v) is 1.83. The number of nitrogens with one attached hydrogen (secondary N) is 1. The van der Waals surface area contributed by atoms with Gasteiger partial charge in [-0.05, 0) is 31.5 Å². The van der Waals surface area contributed by atoms with Crippen LogP contribution in [0.5, 0.6) is 0 Å². The first kappa shape index (κ1) is 8.02. The van der Waals surface area contributed by atoms with Crippen LogP contribution >= 0.6 is 11.6 Å². The van der Waals surface area contributed by atoms with Gasteiger partial charge in [0.05, 0.1) is 16.8 Å². The lowest BCUT2D eigenvalue weighted by atomic mass is 10.1. The van der Waals surface area contributed by atoms with Crippen LogP contribution in [0.4, 0.5) is 0 Å². The Morgan fingerprint density at radius 2 is 2.50 bits per heavy atom. The summed E-state index contributed by atoms with van der Waals surface area (Å²) in [6.45, 7) is 1.08. The van der Waals surface area contributed by atoms with Crippen molar-refractivity contribution < 1.29 is 0 Å². The van der Waals surface area contributed by atoms with E-state index in [1.54, 1.807) is 6.20 Å². The van der Waals surface area contributed by atoms with Gasteiger partial charge >= 0.3 is 0 Å². The summed E-state index contributed by atoms with van der Waals surface area (Å²) in [5.41, 5.74) is 0.997.